The second-order valence-electron chi connectivity index (χ2n) is 6.51. The molecular weight excluding hydrogens is 358 g/mol. The fourth-order valence-electron chi connectivity index (χ4n) is 3.15. The highest BCUT2D eigenvalue weighted by Crippen LogP contribution is 2.27. The van der Waals surface area contributed by atoms with Crippen molar-refractivity contribution in [2.24, 2.45) is 11.8 Å². The van der Waals surface area contributed by atoms with Gasteiger partial charge in [0.05, 0.1) is 5.75 Å². The third-order valence-electron chi connectivity index (χ3n) is 4.13. The first-order chi connectivity index (χ1) is 12.0. The fraction of sp³-hybridized carbons (Fsp3) is 0.529. The monoisotopic (exact) mass is 379 g/mol. The van der Waals surface area contributed by atoms with Gasteiger partial charge < -0.3 is 9.64 Å². The number of fused-ring (bicyclic) bond motifs is 1. The van der Waals surface area contributed by atoms with Crippen LogP contribution >= 0.6 is 23.1 Å². The first-order valence-corrected chi connectivity index (χ1v) is 10.1. The van der Waals surface area contributed by atoms with Crippen LogP contribution < -0.4 is 0 Å². The van der Waals surface area contributed by atoms with Crippen molar-refractivity contribution in [2.75, 3.05) is 25.4 Å². The number of nitrogens with zero attached hydrogens (tertiary/aromatic N) is 3. The van der Waals surface area contributed by atoms with Crippen LogP contribution in [0.25, 0.3) is 10.2 Å². The Hall–Kier alpha value is -1.67. The number of piperidine rings is 1. The molecule has 0 radical (unpaired) electrons. The van der Waals surface area contributed by atoms with Gasteiger partial charge in [0.1, 0.15) is 16.2 Å². The molecule has 0 aliphatic carbocycles. The van der Waals surface area contributed by atoms with Crippen LogP contribution in [0.4, 0.5) is 0 Å². The lowest BCUT2D eigenvalue weighted by molar-refractivity contribution is -0.151. The number of hydrogen-bond acceptors (Lipinski definition) is 7. The van der Waals surface area contributed by atoms with Crippen molar-refractivity contribution in [3.63, 3.8) is 0 Å². The standard InChI is InChI=1S/C17H21N3O3S2/c1-11-5-12(2)7-20(6-11)14(21)8-23-15(22)9-25-17-13-3-4-24-16(13)18-10-19-17/h3-4,10-12H,5-9H2,1-2H3/t11-,12-/m1/s1. The van der Waals surface area contributed by atoms with E-state index in [4.69, 9.17) is 4.74 Å². The summed E-state index contributed by atoms with van der Waals surface area (Å²) in [4.78, 5) is 35.3. The molecule has 0 aromatic carbocycles. The number of ether oxygens (including phenoxy) is 1. The molecule has 0 saturated carbocycles. The number of rotatable bonds is 5. The molecule has 0 unspecified atom stereocenters. The Bertz CT molecular complexity index is 754. The molecule has 134 valence electrons. The summed E-state index contributed by atoms with van der Waals surface area (Å²) < 4.78 is 5.15. The largest absolute Gasteiger partial charge is 0.455 e. The van der Waals surface area contributed by atoms with Crippen LogP contribution in [-0.4, -0.2) is 52.2 Å². The van der Waals surface area contributed by atoms with E-state index in [0.717, 1.165) is 34.8 Å². The Labute approximate surface area is 155 Å². The number of likely N-dealkylation sites (tertiary alicyclic amines) is 1. The van der Waals surface area contributed by atoms with Gasteiger partial charge >= 0.3 is 5.97 Å². The highest BCUT2D eigenvalue weighted by Gasteiger charge is 2.25. The maximum absolute atomic E-state index is 12.2. The van der Waals surface area contributed by atoms with Gasteiger partial charge in [0.25, 0.3) is 5.91 Å². The van der Waals surface area contributed by atoms with E-state index < -0.39 is 5.97 Å². The Kier molecular flexibility index (Phi) is 5.90. The summed E-state index contributed by atoms with van der Waals surface area (Å²) in [6.45, 7) is 5.59. The summed E-state index contributed by atoms with van der Waals surface area (Å²) in [5, 5.41) is 3.65. The third-order valence-corrected chi connectivity index (χ3v) is 5.93. The van der Waals surface area contributed by atoms with E-state index >= 15 is 0 Å². The highest BCUT2D eigenvalue weighted by molar-refractivity contribution is 8.00. The predicted molar refractivity (Wildman–Crippen MR) is 98.6 cm³/mol. The van der Waals surface area contributed by atoms with Gasteiger partial charge in [0.15, 0.2) is 6.61 Å². The lowest BCUT2D eigenvalue weighted by atomic mass is 9.92. The molecule has 3 rings (SSSR count). The van der Waals surface area contributed by atoms with Gasteiger partial charge in [0, 0.05) is 18.5 Å². The minimum atomic E-state index is -0.404. The quantitative estimate of drug-likeness (QED) is 0.452. The molecule has 6 nitrogen and oxygen atoms in total. The van der Waals surface area contributed by atoms with Gasteiger partial charge in [-0.1, -0.05) is 25.6 Å². The van der Waals surface area contributed by atoms with Crippen LogP contribution in [0.3, 0.4) is 0 Å². The first kappa shape index (κ1) is 18.1. The summed E-state index contributed by atoms with van der Waals surface area (Å²) in [5.41, 5.74) is 0. The zero-order valence-electron chi connectivity index (χ0n) is 14.3. The first-order valence-electron chi connectivity index (χ1n) is 8.27. The molecule has 1 aliphatic rings. The van der Waals surface area contributed by atoms with Crippen LogP contribution in [0.1, 0.15) is 20.3 Å². The zero-order chi connectivity index (χ0) is 17.8. The van der Waals surface area contributed by atoms with E-state index in [2.05, 4.69) is 23.8 Å². The number of carbonyl (C=O) groups excluding carboxylic acids is 2. The average Bonchev–Trinajstić information content (AvgIpc) is 3.06. The Morgan fingerprint density at radius 2 is 2.08 bits per heavy atom. The lowest BCUT2D eigenvalue weighted by Gasteiger charge is -2.34. The molecule has 1 aliphatic heterocycles. The zero-order valence-corrected chi connectivity index (χ0v) is 15.9. The van der Waals surface area contributed by atoms with Crippen LogP contribution in [0, 0.1) is 11.8 Å². The fourth-order valence-corrected chi connectivity index (χ4v) is 4.73. The Morgan fingerprint density at radius 3 is 2.84 bits per heavy atom. The maximum Gasteiger partial charge on any atom is 0.316 e. The molecular formula is C17H21N3O3S2. The second-order valence-corrected chi connectivity index (χ2v) is 8.37. The molecule has 1 fully saturated rings. The molecule has 8 heteroatoms. The number of amides is 1. The van der Waals surface area contributed by atoms with Crippen LogP contribution in [-0.2, 0) is 14.3 Å². The van der Waals surface area contributed by atoms with Gasteiger partial charge in [-0.15, -0.1) is 11.3 Å². The third kappa shape index (κ3) is 4.70. The van der Waals surface area contributed by atoms with Crippen LogP contribution in [0.15, 0.2) is 22.8 Å². The summed E-state index contributed by atoms with van der Waals surface area (Å²) in [5.74, 6) is 0.592. The number of carbonyl (C=O) groups is 2. The van der Waals surface area contributed by atoms with E-state index in [1.807, 2.05) is 11.4 Å². The van der Waals surface area contributed by atoms with E-state index in [1.54, 1.807) is 4.90 Å². The molecule has 3 heterocycles. The molecule has 1 saturated heterocycles. The smallest absolute Gasteiger partial charge is 0.316 e. The summed E-state index contributed by atoms with van der Waals surface area (Å²) >= 11 is 2.84. The van der Waals surface area contributed by atoms with Crippen molar-refractivity contribution in [1.29, 1.82) is 0 Å². The van der Waals surface area contributed by atoms with Crippen molar-refractivity contribution in [2.45, 2.75) is 25.3 Å². The number of thioether (sulfide) groups is 1. The van der Waals surface area contributed by atoms with Crippen LogP contribution in [0.5, 0.6) is 0 Å². The van der Waals surface area contributed by atoms with E-state index in [0.29, 0.717) is 11.8 Å². The Balaban J connectivity index is 1.46. The molecule has 0 bridgehead atoms. The lowest BCUT2D eigenvalue weighted by Crippen LogP contribution is -2.44. The van der Waals surface area contributed by atoms with Gasteiger partial charge in [0.2, 0.25) is 0 Å². The number of aromatic nitrogens is 2. The van der Waals surface area contributed by atoms with Crippen molar-refractivity contribution in [3.05, 3.63) is 17.8 Å². The van der Waals surface area contributed by atoms with Gasteiger partial charge in [-0.2, -0.15) is 0 Å². The van der Waals surface area contributed by atoms with Crippen LogP contribution in [0.2, 0.25) is 0 Å². The van der Waals surface area contributed by atoms with E-state index in [-0.39, 0.29) is 18.3 Å². The summed E-state index contributed by atoms with van der Waals surface area (Å²) in [7, 11) is 0. The van der Waals surface area contributed by atoms with Gasteiger partial charge in [-0.3, -0.25) is 9.59 Å². The second kappa shape index (κ2) is 8.14. The summed E-state index contributed by atoms with van der Waals surface area (Å²) in [6.07, 6.45) is 2.63. The van der Waals surface area contributed by atoms with Crippen molar-refractivity contribution < 1.29 is 14.3 Å². The highest BCUT2D eigenvalue weighted by atomic mass is 32.2. The number of esters is 1. The van der Waals surface area contributed by atoms with E-state index in [9.17, 15) is 9.59 Å². The molecule has 0 N–H and O–H groups in total. The van der Waals surface area contributed by atoms with E-state index in [1.165, 1.54) is 29.4 Å². The number of hydrogen-bond donors (Lipinski definition) is 0. The molecule has 2 atom stereocenters. The minimum absolute atomic E-state index is 0.112. The molecule has 2 aromatic heterocycles. The molecule has 2 aromatic rings. The molecule has 25 heavy (non-hydrogen) atoms. The molecule has 0 spiro atoms. The van der Waals surface area contributed by atoms with Crippen molar-refractivity contribution >= 4 is 45.2 Å². The maximum atomic E-state index is 12.2. The Morgan fingerprint density at radius 1 is 1.32 bits per heavy atom. The van der Waals surface area contributed by atoms with Gasteiger partial charge in [-0.05, 0) is 29.7 Å². The minimum Gasteiger partial charge on any atom is -0.455 e. The number of thiophene rings is 1. The SMILES string of the molecule is C[C@@H]1C[C@@H](C)CN(C(=O)COC(=O)CSc2ncnc3sccc23)C1. The topological polar surface area (TPSA) is 72.4 Å². The molecule has 1 amide bonds. The average molecular weight is 380 g/mol. The van der Waals surface area contributed by atoms with Crippen molar-refractivity contribution in [1.82, 2.24) is 14.9 Å². The van der Waals surface area contributed by atoms with Crippen molar-refractivity contribution in [3.8, 4) is 0 Å². The predicted octanol–water partition coefficient (Wildman–Crippen LogP) is 2.83. The van der Waals surface area contributed by atoms with Gasteiger partial charge in [-0.25, -0.2) is 9.97 Å². The normalized spacial score (nSPS) is 20.6. The summed E-state index contributed by atoms with van der Waals surface area (Å²) in [6, 6.07) is 1.94.